The van der Waals surface area contributed by atoms with Gasteiger partial charge in [-0.1, -0.05) is 217 Å². The molecule has 0 aromatic heterocycles. The summed E-state index contributed by atoms with van der Waals surface area (Å²) in [5, 5.41) is 7.73. The zero-order valence-electron chi connectivity index (χ0n) is 47.1. The maximum absolute atomic E-state index is 7.18. The molecule has 0 fully saturated rings. The van der Waals surface area contributed by atoms with Crippen LogP contribution in [0, 0.1) is 27.7 Å². The van der Waals surface area contributed by atoms with Gasteiger partial charge in [-0.15, -0.1) is 0 Å². The highest BCUT2D eigenvalue weighted by atomic mass is 16.5. The van der Waals surface area contributed by atoms with Gasteiger partial charge in [-0.25, -0.2) is 0 Å². The van der Waals surface area contributed by atoms with Crippen LogP contribution in [0.2, 0.25) is 0 Å². The smallest absolute Gasteiger partial charge is 0.252 e. The normalized spacial score (nSPS) is 12.9. The molecule has 4 aliphatic rings. The van der Waals surface area contributed by atoms with Gasteiger partial charge in [0.25, 0.3) is 13.4 Å². The summed E-state index contributed by atoms with van der Waals surface area (Å²) in [6.07, 6.45) is 0. The summed E-state index contributed by atoms with van der Waals surface area (Å²) in [5.41, 5.74) is 31.5. The molecule has 2 nitrogen and oxygen atoms in total. The summed E-state index contributed by atoms with van der Waals surface area (Å²) in [6, 6.07) is 91.7. The quantitative estimate of drug-likeness (QED) is 0.122. The average Bonchev–Trinajstić information content (AvgIpc) is 0.758. The van der Waals surface area contributed by atoms with Crippen molar-refractivity contribution in [2.75, 3.05) is 0 Å². The van der Waals surface area contributed by atoms with Crippen LogP contribution in [0.25, 0.3) is 121 Å². The molecule has 14 aromatic rings. The summed E-state index contributed by atoms with van der Waals surface area (Å²) in [6.45, 7) is 8.62. The Kier molecular flexibility index (Phi) is 9.99. The maximum Gasteiger partial charge on any atom is 0.252 e. The average molecular weight is 1070 g/mol. The van der Waals surface area contributed by atoms with Gasteiger partial charge >= 0.3 is 0 Å². The fraction of sp³-hybridized carbons (Fsp3) is 0.0500. The van der Waals surface area contributed by atoms with Crippen molar-refractivity contribution < 1.29 is 9.47 Å². The molecule has 0 spiro atoms. The first kappa shape index (κ1) is 47.5. The third kappa shape index (κ3) is 6.71. The van der Waals surface area contributed by atoms with Gasteiger partial charge in [-0.05, 0) is 230 Å². The van der Waals surface area contributed by atoms with Crippen LogP contribution in [0.4, 0.5) is 0 Å². The van der Waals surface area contributed by atoms with Crippen LogP contribution in [0.1, 0.15) is 22.3 Å². The van der Waals surface area contributed by atoms with Crippen molar-refractivity contribution in [2.45, 2.75) is 27.7 Å². The highest BCUT2D eigenvalue weighted by molar-refractivity contribution is 7.01. The Hall–Kier alpha value is -10.2. The molecule has 0 N–H and O–H groups in total. The minimum absolute atomic E-state index is 0.101. The number of benzene rings is 14. The van der Waals surface area contributed by atoms with Crippen LogP contribution in [-0.2, 0) is 0 Å². The zero-order chi connectivity index (χ0) is 55.6. The summed E-state index contributed by atoms with van der Waals surface area (Å²) in [5.74, 6) is 3.73. The number of aryl methyl sites for hydroxylation is 4. The molecule has 0 unspecified atom stereocenters. The van der Waals surface area contributed by atoms with Crippen LogP contribution in [0.15, 0.2) is 243 Å². The topological polar surface area (TPSA) is 18.5 Å². The third-order valence-corrected chi connectivity index (χ3v) is 18.9. The van der Waals surface area contributed by atoms with Crippen molar-refractivity contribution in [2.24, 2.45) is 0 Å². The summed E-state index contributed by atoms with van der Waals surface area (Å²) >= 11 is 0. The monoisotopic (exact) mass is 1070 g/mol. The summed E-state index contributed by atoms with van der Waals surface area (Å²) in [7, 11) is 0. The van der Waals surface area contributed by atoms with Gasteiger partial charge in [-0.2, -0.15) is 0 Å². The van der Waals surface area contributed by atoms with Gasteiger partial charge in [0.2, 0.25) is 0 Å². The minimum atomic E-state index is -0.101. The Bertz CT molecular complexity index is 4720. The van der Waals surface area contributed by atoms with Crippen LogP contribution in [0.3, 0.4) is 0 Å². The van der Waals surface area contributed by atoms with Crippen LogP contribution >= 0.6 is 0 Å². The predicted octanol–water partition coefficient (Wildman–Crippen LogP) is 17.0. The standard InChI is InChI=1S/C80H52B2O2/c1-45-31-33-65-69(37-45)83-71-39-47(3)35-63-59-41-58(74-55(51-23-13-7-14-24-51)29-18-30-56(74)52-25-15-8-16-26-52)62-44-68-76-60(64-36-48(4)40-72-80(64)82(68)66-34-32-46(2)38-70(66)84-72)42-57(61-43-67(81(65)79(63)71)75(59)77(62)78(61)76)73-53(49-19-9-5-10-20-49)27-17-28-54(73)50-21-11-6-12-22-50/h5-44H,1-4H3. The molecular weight excluding hydrogens is 1010 g/mol. The largest absolute Gasteiger partial charge is 0.458 e. The fourth-order valence-corrected chi connectivity index (χ4v) is 15.6. The van der Waals surface area contributed by atoms with E-state index in [0.717, 1.165) is 23.0 Å². The van der Waals surface area contributed by atoms with Crippen molar-refractivity contribution in [1.29, 1.82) is 0 Å². The van der Waals surface area contributed by atoms with E-state index in [0.29, 0.717) is 0 Å². The molecular formula is C80H52B2O2. The highest BCUT2D eigenvalue weighted by Gasteiger charge is 2.45. The van der Waals surface area contributed by atoms with Gasteiger partial charge in [0.1, 0.15) is 23.0 Å². The Morgan fingerprint density at radius 3 is 0.940 bits per heavy atom. The maximum atomic E-state index is 7.18. The molecule has 0 aliphatic carbocycles. The lowest BCUT2D eigenvalue weighted by Gasteiger charge is -2.38. The lowest BCUT2D eigenvalue weighted by atomic mass is 9.31. The molecule has 0 radical (unpaired) electrons. The van der Waals surface area contributed by atoms with Gasteiger partial charge in [0.15, 0.2) is 0 Å². The molecule has 0 bridgehead atoms. The Balaban J connectivity index is 1.12. The Morgan fingerprint density at radius 1 is 0.238 bits per heavy atom. The lowest BCUT2D eigenvalue weighted by molar-refractivity contribution is 0.486. The van der Waals surface area contributed by atoms with Crippen molar-refractivity contribution >= 4 is 78.5 Å². The molecule has 0 saturated carbocycles. The van der Waals surface area contributed by atoms with Crippen LogP contribution in [-0.4, -0.2) is 13.4 Å². The van der Waals surface area contributed by atoms with E-state index in [2.05, 4.69) is 270 Å². The number of hydrogen-bond donors (Lipinski definition) is 0. The SMILES string of the molecule is Cc1ccc2c(c1)Oc1cc(C)cc3c1B2c1cc2c(-c4c(-c5ccccc5)cccc4-c4ccccc4)cc4c5c(cc6c(-c7c(-c8ccccc8)cccc7-c7ccccc7)cc-3c1c6c25)B1c2ccc(C)cc2Oc2cc(C)cc-4c21. The van der Waals surface area contributed by atoms with Crippen molar-refractivity contribution in [3.8, 4) is 112 Å². The second-order valence-electron chi connectivity index (χ2n) is 24.0. The molecule has 4 heteroatoms. The molecule has 4 aliphatic heterocycles. The molecule has 4 heterocycles. The molecule has 0 atom stereocenters. The first-order chi connectivity index (χ1) is 41.3. The summed E-state index contributed by atoms with van der Waals surface area (Å²) in [4.78, 5) is 0. The van der Waals surface area contributed by atoms with Crippen molar-refractivity contribution in [1.82, 2.24) is 0 Å². The van der Waals surface area contributed by atoms with Gasteiger partial charge < -0.3 is 9.47 Å². The Labute approximate surface area is 489 Å². The van der Waals surface area contributed by atoms with E-state index >= 15 is 0 Å². The van der Waals surface area contributed by atoms with Crippen molar-refractivity contribution in [3.63, 3.8) is 0 Å². The third-order valence-electron chi connectivity index (χ3n) is 18.9. The zero-order valence-corrected chi connectivity index (χ0v) is 47.1. The number of fused-ring (bicyclic) bond motifs is 8. The van der Waals surface area contributed by atoms with Crippen molar-refractivity contribution in [3.05, 3.63) is 265 Å². The highest BCUT2D eigenvalue weighted by Crippen LogP contribution is 2.55. The minimum Gasteiger partial charge on any atom is -0.458 e. The first-order valence-corrected chi connectivity index (χ1v) is 29.5. The molecule has 14 aromatic carbocycles. The van der Waals surface area contributed by atoms with Crippen LogP contribution in [0.5, 0.6) is 23.0 Å². The van der Waals surface area contributed by atoms with E-state index in [4.69, 9.17) is 9.47 Å². The van der Waals surface area contributed by atoms with Gasteiger partial charge in [0, 0.05) is 0 Å². The van der Waals surface area contributed by atoms with E-state index in [9.17, 15) is 0 Å². The first-order valence-electron chi connectivity index (χ1n) is 29.5. The summed E-state index contributed by atoms with van der Waals surface area (Å²) < 4.78 is 14.4. The fourth-order valence-electron chi connectivity index (χ4n) is 15.6. The molecule has 18 rings (SSSR count). The van der Waals surface area contributed by atoms with E-state index in [1.807, 2.05) is 0 Å². The number of rotatable bonds is 6. The van der Waals surface area contributed by atoms with E-state index < -0.39 is 0 Å². The molecule has 84 heavy (non-hydrogen) atoms. The Morgan fingerprint density at radius 2 is 0.583 bits per heavy atom. The van der Waals surface area contributed by atoms with E-state index in [-0.39, 0.29) is 13.4 Å². The molecule has 0 saturated heterocycles. The second kappa shape index (κ2) is 17.7. The lowest BCUT2D eigenvalue weighted by Crippen LogP contribution is -2.58. The van der Waals surface area contributed by atoms with Gasteiger partial charge in [0.05, 0.1) is 0 Å². The van der Waals surface area contributed by atoms with E-state index in [1.54, 1.807) is 0 Å². The predicted molar refractivity (Wildman–Crippen MR) is 355 cm³/mol. The molecule has 0 amide bonds. The van der Waals surface area contributed by atoms with Crippen LogP contribution < -0.4 is 42.3 Å². The number of ether oxygens (including phenoxy) is 2. The second-order valence-corrected chi connectivity index (χ2v) is 24.0. The number of hydrogen-bond acceptors (Lipinski definition) is 2. The van der Waals surface area contributed by atoms with E-state index in [1.165, 1.54) is 176 Å². The van der Waals surface area contributed by atoms with Gasteiger partial charge in [-0.3, -0.25) is 0 Å². The molecule has 390 valence electrons.